The first kappa shape index (κ1) is 25.3. The van der Waals surface area contributed by atoms with E-state index in [0.717, 1.165) is 31.2 Å². The second-order valence-electron chi connectivity index (χ2n) is 7.32. The van der Waals surface area contributed by atoms with E-state index in [0.29, 0.717) is 31.1 Å². The Morgan fingerprint density at radius 1 is 1.19 bits per heavy atom. The maximum atomic E-state index is 12.5. The van der Waals surface area contributed by atoms with E-state index in [9.17, 15) is 4.79 Å². The molecule has 0 radical (unpaired) electrons. The SMILES string of the molecule is CN=C(NCCCC(=O)N1Cc2ccccc2C1)N(C)CCOc1cccc(Cl)c1.I. The maximum absolute atomic E-state index is 12.5. The van der Waals surface area contributed by atoms with Crippen molar-refractivity contribution in [1.29, 1.82) is 0 Å². The number of nitrogens with zero attached hydrogens (tertiary/aromatic N) is 3. The number of hydrogen-bond donors (Lipinski definition) is 1. The van der Waals surface area contributed by atoms with Crippen LogP contribution in [0.25, 0.3) is 0 Å². The maximum Gasteiger partial charge on any atom is 0.223 e. The number of hydrogen-bond acceptors (Lipinski definition) is 3. The van der Waals surface area contributed by atoms with Crippen molar-refractivity contribution in [1.82, 2.24) is 15.1 Å². The molecule has 0 spiro atoms. The number of rotatable bonds is 8. The Balaban J connectivity index is 0.00000341. The van der Waals surface area contributed by atoms with Crippen molar-refractivity contribution in [3.63, 3.8) is 0 Å². The molecule has 0 aromatic heterocycles. The van der Waals surface area contributed by atoms with Gasteiger partial charge >= 0.3 is 0 Å². The predicted octanol–water partition coefficient (Wildman–Crippen LogP) is 4.17. The summed E-state index contributed by atoms with van der Waals surface area (Å²) in [5, 5.41) is 3.98. The summed E-state index contributed by atoms with van der Waals surface area (Å²) in [6, 6.07) is 15.6. The van der Waals surface area contributed by atoms with Crippen LogP contribution in [0, 0.1) is 0 Å². The number of likely N-dealkylation sites (N-methyl/N-ethyl adjacent to an activating group) is 1. The van der Waals surface area contributed by atoms with Gasteiger partial charge in [0.1, 0.15) is 12.4 Å². The van der Waals surface area contributed by atoms with Crippen LogP contribution in [0.3, 0.4) is 0 Å². The first-order chi connectivity index (χ1) is 14.6. The van der Waals surface area contributed by atoms with Crippen LogP contribution < -0.4 is 10.1 Å². The zero-order valence-corrected chi connectivity index (χ0v) is 21.1. The lowest BCUT2D eigenvalue weighted by Crippen LogP contribution is -2.41. The average Bonchev–Trinajstić information content (AvgIpc) is 3.18. The van der Waals surface area contributed by atoms with Gasteiger partial charge in [-0.3, -0.25) is 9.79 Å². The van der Waals surface area contributed by atoms with Gasteiger partial charge in [0.25, 0.3) is 0 Å². The summed E-state index contributed by atoms with van der Waals surface area (Å²) in [4.78, 5) is 20.7. The van der Waals surface area contributed by atoms with Gasteiger partial charge in [-0.25, -0.2) is 0 Å². The molecule has 1 amide bonds. The molecule has 2 aromatic carbocycles. The van der Waals surface area contributed by atoms with E-state index in [4.69, 9.17) is 16.3 Å². The standard InChI is InChI=1S/C23H29ClN4O2.HI/c1-25-23(27(2)13-14-30-21-10-5-9-20(24)15-21)26-12-6-11-22(29)28-16-18-7-3-4-8-19(18)17-28;/h3-5,7-10,15H,6,11-14,16-17H2,1-2H3,(H,25,26);1H. The summed E-state index contributed by atoms with van der Waals surface area (Å²) in [6.45, 7) is 3.33. The zero-order chi connectivity index (χ0) is 21.3. The van der Waals surface area contributed by atoms with Gasteiger partial charge in [0.05, 0.1) is 6.54 Å². The Morgan fingerprint density at radius 3 is 2.55 bits per heavy atom. The molecule has 31 heavy (non-hydrogen) atoms. The number of halogens is 2. The van der Waals surface area contributed by atoms with Crippen LogP contribution in [-0.2, 0) is 17.9 Å². The van der Waals surface area contributed by atoms with Gasteiger partial charge in [-0.1, -0.05) is 41.9 Å². The molecule has 2 aromatic rings. The van der Waals surface area contributed by atoms with Crippen LogP contribution in [0.15, 0.2) is 53.5 Å². The molecule has 0 atom stereocenters. The molecule has 0 saturated carbocycles. The van der Waals surface area contributed by atoms with Crippen molar-refractivity contribution in [2.45, 2.75) is 25.9 Å². The van der Waals surface area contributed by atoms with Gasteiger partial charge in [0.2, 0.25) is 5.91 Å². The molecule has 8 heteroatoms. The van der Waals surface area contributed by atoms with Crippen molar-refractivity contribution in [2.75, 3.05) is 33.8 Å². The topological polar surface area (TPSA) is 57.2 Å². The lowest BCUT2D eigenvalue weighted by molar-refractivity contribution is -0.131. The molecule has 0 unspecified atom stereocenters. The van der Waals surface area contributed by atoms with Crippen LogP contribution in [0.5, 0.6) is 5.75 Å². The van der Waals surface area contributed by atoms with Gasteiger partial charge in [-0.2, -0.15) is 0 Å². The van der Waals surface area contributed by atoms with E-state index in [1.54, 1.807) is 13.1 Å². The van der Waals surface area contributed by atoms with Gasteiger partial charge in [-0.05, 0) is 35.7 Å². The highest BCUT2D eigenvalue weighted by atomic mass is 127. The van der Waals surface area contributed by atoms with E-state index < -0.39 is 0 Å². The number of ether oxygens (including phenoxy) is 1. The summed E-state index contributed by atoms with van der Waals surface area (Å²) in [5.74, 6) is 1.73. The highest BCUT2D eigenvalue weighted by Crippen LogP contribution is 2.22. The summed E-state index contributed by atoms with van der Waals surface area (Å²) in [6.07, 6.45) is 1.29. The number of benzene rings is 2. The molecule has 1 heterocycles. The van der Waals surface area contributed by atoms with Crippen LogP contribution in [0.2, 0.25) is 5.02 Å². The quantitative estimate of drug-likeness (QED) is 0.230. The van der Waals surface area contributed by atoms with Crippen molar-refractivity contribution in [2.24, 2.45) is 4.99 Å². The van der Waals surface area contributed by atoms with E-state index in [-0.39, 0.29) is 29.9 Å². The average molecular weight is 557 g/mol. The summed E-state index contributed by atoms with van der Waals surface area (Å²) in [5.41, 5.74) is 2.51. The largest absolute Gasteiger partial charge is 0.492 e. The second kappa shape index (κ2) is 12.8. The monoisotopic (exact) mass is 556 g/mol. The molecular formula is C23H30ClIN4O2. The molecule has 0 bridgehead atoms. The number of aliphatic imine (C=N–C) groups is 1. The minimum absolute atomic E-state index is 0. The molecule has 0 saturated heterocycles. The lowest BCUT2D eigenvalue weighted by atomic mass is 10.1. The number of carbonyl (C=O) groups is 1. The molecule has 0 fully saturated rings. The summed E-state index contributed by atoms with van der Waals surface area (Å²) < 4.78 is 5.73. The van der Waals surface area contributed by atoms with Crippen molar-refractivity contribution < 1.29 is 9.53 Å². The summed E-state index contributed by atoms with van der Waals surface area (Å²) >= 11 is 5.97. The summed E-state index contributed by atoms with van der Waals surface area (Å²) in [7, 11) is 3.71. The van der Waals surface area contributed by atoms with Gasteiger partial charge in [0.15, 0.2) is 5.96 Å². The molecule has 168 valence electrons. The zero-order valence-electron chi connectivity index (χ0n) is 18.0. The second-order valence-corrected chi connectivity index (χ2v) is 7.76. The van der Waals surface area contributed by atoms with Gasteiger partial charge in [-0.15, -0.1) is 24.0 Å². The minimum Gasteiger partial charge on any atom is -0.492 e. The van der Waals surface area contributed by atoms with E-state index >= 15 is 0 Å². The first-order valence-corrected chi connectivity index (χ1v) is 10.6. The minimum atomic E-state index is 0. The fraction of sp³-hybridized carbons (Fsp3) is 0.391. The number of amides is 1. The van der Waals surface area contributed by atoms with E-state index in [2.05, 4.69) is 22.4 Å². The molecule has 1 N–H and O–H groups in total. The van der Waals surface area contributed by atoms with Crippen LogP contribution in [-0.4, -0.2) is 55.5 Å². The molecule has 0 aliphatic carbocycles. The third kappa shape index (κ3) is 7.57. The number of carbonyl (C=O) groups excluding carboxylic acids is 1. The molecule has 6 nitrogen and oxygen atoms in total. The van der Waals surface area contributed by atoms with Crippen LogP contribution >= 0.6 is 35.6 Å². The number of nitrogens with one attached hydrogen (secondary N) is 1. The normalized spacial score (nSPS) is 12.7. The predicted molar refractivity (Wildman–Crippen MR) is 136 cm³/mol. The first-order valence-electron chi connectivity index (χ1n) is 10.2. The van der Waals surface area contributed by atoms with Gasteiger partial charge in [0, 0.05) is 45.2 Å². The molecule has 3 rings (SSSR count). The Kier molecular flexibility index (Phi) is 10.4. The third-order valence-electron chi connectivity index (χ3n) is 5.11. The Morgan fingerprint density at radius 2 is 1.90 bits per heavy atom. The fourth-order valence-electron chi connectivity index (χ4n) is 3.46. The molecule has 1 aliphatic heterocycles. The number of fused-ring (bicyclic) bond motifs is 1. The van der Waals surface area contributed by atoms with E-state index in [1.807, 2.05) is 47.2 Å². The fourth-order valence-corrected chi connectivity index (χ4v) is 3.64. The van der Waals surface area contributed by atoms with Crippen LogP contribution in [0.4, 0.5) is 0 Å². The Labute approximate surface area is 206 Å². The molecular weight excluding hydrogens is 527 g/mol. The van der Waals surface area contributed by atoms with Crippen molar-refractivity contribution >= 4 is 47.4 Å². The Hall–Kier alpha value is -2.00. The highest BCUT2D eigenvalue weighted by Gasteiger charge is 2.22. The Bertz CT molecular complexity index is 868. The molecule has 1 aliphatic rings. The lowest BCUT2D eigenvalue weighted by Gasteiger charge is -2.22. The smallest absolute Gasteiger partial charge is 0.223 e. The van der Waals surface area contributed by atoms with E-state index in [1.165, 1.54) is 11.1 Å². The van der Waals surface area contributed by atoms with Crippen molar-refractivity contribution in [3.8, 4) is 5.75 Å². The van der Waals surface area contributed by atoms with Crippen LogP contribution in [0.1, 0.15) is 24.0 Å². The third-order valence-corrected chi connectivity index (χ3v) is 5.34. The van der Waals surface area contributed by atoms with Crippen molar-refractivity contribution in [3.05, 3.63) is 64.7 Å². The number of guanidine groups is 1. The van der Waals surface area contributed by atoms with Gasteiger partial charge < -0.3 is 19.9 Å². The highest BCUT2D eigenvalue weighted by molar-refractivity contribution is 14.0.